The number of hydrogen-bond acceptors (Lipinski definition) is 5. The normalized spacial score (nSPS) is 17.6. The Balaban J connectivity index is 1.37. The number of carbonyl (C=O) groups excluding carboxylic acids is 1. The minimum Gasteiger partial charge on any atom is -0.497 e. The first kappa shape index (κ1) is 26.0. The molecule has 0 unspecified atom stereocenters. The molecule has 2 N–H and O–H groups in total. The summed E-state index contributed by atoms with van der Waals surface area (Å²) in [5, 5.41) is 7.52. The van der Waals surface area contributed by atoms with Gasteiger partial charge in [-0.25, -0.2) is 0 Å². The molecular formula is C29H34ClN3O3. The Bertz CT molecular complexity index is 1120. The smallest absolute Gasteiger partial charge is 0.237 e. The zero-order valence-corrected chi connectivity index (χ0v) is 21.6. The second-order valence-electron chi connectivity index (χ2n) is 9.09. The summed E-state index contributed by atoms with van der Waals surface area (Å²) >= 11 is 6.44. The predicted molar refractivity (Wildman–Crippen MR) is 144 cm³/mol. The van der Waals surface area contributed by atoms with E-state index in [1.54, 1.807) is 14.2 Å². The van der Waals surface area contributed by atoms with Gasteiger partial charge in [0, 0.05) is 37.2 Å². The fourth-order valence-corrected chi connectivity index (χ4v) is 4.79. The number of benzene rings is 3. The SMILES string of the molecule is COc1ccc(CCNC(=O)[C@@H]2C[C@H](NCc3ccc(OC)cc3)CN2Cc2ccccc2Cl)cc1. The number of nitrogens with zero attached hydrogens (tertiary/aromatic N) is 1. The van der Waals surface area contributed by atoms with E-state index in [1.807, 2.05) is 60.7 Å². The van der Waals surface area contributed by atoms with Crippen LogP contribution < -0.4 is 20.1 Å². The largest absolute Gasteiger partial charge is 0.497 e. The van der Waals surface area contributed by atoms with Gasteiger partial charge >= 0.3 is 0 Å². The van der Waals surface area contributed by atoms with Crippen molar-refractivity contribution in [3.05, 3.63) is 94.5 Å². The van der Waals surface area contributed by atoms with Crippen molar-refractivity contribution >= 4 is 17.5 Å². The van der Waals surface area contributed by atoms with Crippen LogP contribution >= 0.6 is 11.6 Å². The summed E-state index contributed by atoms with van der Waals surface area (Å²) in [6, 6.07) is 23.8. The number of halogens is 1. The fourth-order valence-electron chi connectivity index (χ4n) is 4.59. The average molecular weight is 508 g/mol. The third-order valence-corrected chi connectivity index (χ3v) is 7.03. The molecule has 0 saturated carbocycles. The van der Waals surface area contributed by atoms with Gasteiger partial charge in [-0.05, 0) is 59.9 Å². The van der Waals surface area contributed by atoms with Gasteiger partial charge in [0.2, 0.25) is 5.91 Å². The van der Waals surface area contributed by atoms with Crippen LogP contribution in [0.1, 0.15) is 23.1 Å². The van der Waals surface area contributed by atoms with Crippen molar-refractivity contribution in [3.8, 4) is 11.5 Å². The molecule has 1 saturated heterocycles. The van der Waals surface area contributed by atoms with Crippen molar-refractivity contribution in [2.75, 3.05) is 27.3 Å². The Morgan fingerprint density at radius 2 is 1.58 bits per heavy atom. The first-order chi connectivity index (χ1) is 17.6. The number of carbonyl (C=O) groups is 1. The lowest BCUT2D eigenvalue weighted by Gasteiger charge is -2.24. The summed E-state index contributed by atoms with van der Waals surface area (Å²) in [6.07, 6.45) is 1.51. The highest BCUT2D eigenvalue weighted by Gasteiger charge is 2.36. The van der Waals surface area contributed by atoms with Crippen LogP contribution in [0.4, 0.5) is 0 Å². The molecule has 0 spiro atoms. The van der Waals surface area contributed by atoms with E-state index < -0.39 is 0 Å². The van der Waals surface area contributed by atoms with Gasteiger partial charge in [-0.2, -0.15) is 0 Å². The summed E-state index contributed by atoms with van der Waals surface area (Å²) < 4.78 is 10.5. The topological polar surface area (TPSA) is 62.8 Å². The van der Waals surface area contributed by atoms with Gasteiger partial charge in [-0.3, -0.25) is 9.69 Å². The highest BCUT2D eigenvalue weighted by molar-refractivity contribution is 6.31. The molecule has 0 aliphatic carbocycles. The van der Waals surface area contributed by atoms with Gasteiger partial charge in [0.15, 0.2) is 0 Å². The van der Waals surface area contributed by atoms with Crippen molar-refractivity contribution in [2.24, 2.45) is 0 Å². The van der Waals surface area contributed by atoms with Crippen molar-refractivity contribution in [3.63, 3.8) is 0 Å². The zero-order valence-electron chi connectivity index (χ0n) is 20.9. The van der Waals surface area contributed by atoms with Gasteiger partial charge in [-0.1, -0.05) is 54.1 Å². The molecule has 0 radical (unpaired) electrons. The molecule has 7 heteroatoms. The van der Waals surface area contributed by atoms with Crippen LogP contribution in [0, 0.1) is 0 Å². The molecule has 3 aromatic rings. The molecule has 1 amide bonds. The third kappa shape index (κ3) is 7.00. The van der Waals surface area contributed by atoms with Gasteiger partial charge in [0.1, 0.15) is 11.5 Å². The van der Waals surface area contributed by atoms with Crippen LogP contribution in [-0.2, 0) is 24.3 Å². The van der Waals surface area contributed by atoms with E-state index in [2.05, 4.69) is 27.7 Å². The van der Waals surface area contributed by atoms with E-state index in [0.717, 1.165) is 53.6 Å². The highest BCUT2D eigenvalue weighted by Crippen LogP contribution is 2.25. The fraction of sp³-hybridized carbons (Fsp3) is 0.345. The lowest BCUT2D eigenvalue weighted by Crippen LogP contribution is -2.43. The van der Waals surface area contributed by atoms with E-state index in [-0.39, 0.29) is 18.0 Å². The van der Waals surface area contributed by atoms with Crippen LogP contribution in [0.15, 0.2) is 72.8 Å². The Kier molecular flexibility index (Phi) is 9.23. The lowest BCUT2D eigenvalue weighted by atomic mass is 10.1. The van der Waals surface area contributed by atoms with E-state index in [9.17, 15) is 4.79 Å². The third-order valence-electron chi connectivity index (χ3n) is 6.66. The zero-order chi connectivity index (χ0) is 25.3. The van der Waals surface area contributed by atoms with Crippen molar-refractivity contribution in [2.45, 2.75) is 38.0 Å². The molecule has 1 heterocycles. The number of likely N-dealkylation sites (tertiary alicyclic amines) is 1. The van der Waals surface area contributed by atoms with E-state index in [1.165, 1.54) is 5.56 Å². The van der Waals surface area contributed by atoms with Crippen LogP contribution in [0.25, 0.3) is 0 Å². The molecule has 4 rings (SSSR count). The summed E-state index contributed by atoms with van der Waals surface area (Å²) in [7, 11) is 3.33. The van der Waals surface area contributed by atoms with Crippen molar-refractivity contribution in [1.82, 2.24) is 15.5 Å². The molecule has 1 aliphatic heterocycles. The monoisotopic (exact) mass is 507 g/mol. The summed E-state index contributed by atoms with van der Waals surface area (Å²) in [6.45, 7) is 2.74. The number of amides is 1. The second kappa shape index (κ2) is 12.8. The van der Waals surface area contributed by atoms with E-state index in [0.29, 0.717) is 13.1 Å². The lowest BCUT2D eigenvalue weighted by molar-refractivity contribution is -0.125. The molecule has 2 atom stereocenters. The molecule has 0 aromatic heterocycles. The molecule has 6 nitrogen and oxygen atoms in total. The highest BCUT2D eigenvalue weighted by atomic mass is 35.5. The Labute approximate surface area is 218 Å². The van der Waals surface area contributed by atoms with Gasteiger partial charge in [0.25, 0.3) is 0 Å². The molecule has 36 heavy (non-hydrogen) atoms. The van der Waals surface area contributed by atoms with Crippen LogP contribution in [-0.4, -0.2) is 50.2 Å². The number of ether oxygens (including phenoxy) is 2. The summed E-state index contributed by atoms with van der Waals surface area (Å²) in [5.41, 5.74) is 3.38. The van der Waals surface area contributed by atoms with Crippen LogP contribution in [0.3, 0.4) is 0 Å². The Morgan fingerprint density at radius 3 is 2.22 bits per heavy atom. The number of rotatable bonds is 11. The van der Waals surface area contributed by atoms with Gasteiger partial charge < -0.3 is 20.1 Å². The average Bonchev–Trinajstić information content (AvgIpc) is 3.32. The summed E-state index contributed by atoms with van der Waals surface area (Å²) in [4.78, 5) is 15.5. The van der Waals surface area contributed by atoms with Crippen LogP contribution in [0.5, 0.6) is 11.5 Å². The predicted octanol–water partition coefficient (Wildman–Crippen LogP) is 4.45. The Hall–Kier alpha value is -3.06. The maximum atomic E-state index is 13.3. The minimum absolute atomic E-state index is 0.0595. The maximum Gasteiger partial charge on any atom is 0.237 e. The Morgan fingerprint density at radius 1 is 0.944 bits per heavy atom. The molecule has 0 bridgehead atoms. The summed E-state index contributed by atoms with van der Waals surface area (Å²) in [5.74, 6) is 1.73. The standard InChI is InChI=1S/C29H34ClN3O3/c1-35-25-11-7-21(8-12-25)15-16-31-29(34)28-17-24(32-18-22-9-13-26(36-2)14-10-22)20-33(28)19-23-5-3-4-6-27(23)30/h3-14,24,28,32H,15-20H2,1-2H3,(H,31,34)/t24-,28-/m0/s1. The first-order valence-corrected chi connectivity index (χ1v) is 12.7. The maximum absolute atomic E-state index is 13.3. The van der Waals surface area contributed by atoms with Gasteiger partial charge in [0.05, 0.1) is 20.3 Å². The number of methoxy groups -OCH3 is 2. The number of hydrogen-bond donors (Lipinski definition) is 2. The molecule has 1 fully saturated rings. The quantitative estimate of drug-likeness (QED) is 0.401. The van der Waals surface area contributed by atoms with Crippen molar-refractivity contribution in [1.29, 1.82) is 0 Å². The van der Waals surface area contributed by atoms with Gasteiger partial charge in [-0.15, -0.1) is 0 Å². The molecule has 190 valence electrons. The van der Waals surface area contributed by atoms with Crippen LogP contribution in [0.2, 0.25) is 5.02 Å². The van der Waals surface area contributed by atoms with Crippen molar-refractivity contribution < 1.29 is 14.3 Å². The number of nitrogens with one attached hydrogen (secondary N) is 2. The molecule has 1 aliphatic rings. The van der Waals surface area contributed by atoms with E-state index in [4.69, 9.17) is 21.1 Å². The minimum atomic E-state index is -0.217. The van der Waals surface area contributed by atoms with E-state index >= 15 is 0 Å². The first-order valence-electron chi connectivity index (χ1n) is 12.3. The molecular weight excluding hydrogens is 474 g/mol. The second-order valence-corrected chi connectivity index (χ2v) is 9.49. The molecule has 3 aromatic carbocycles.